The molecule has 0 radical (unpaired) electrons. The predicted octanol–water partition coefficient (Wildman–Crippen LogP) is 4.17. The highest BCUT2D eigenvalue weighted by atomic mass is 127. The van der Waals surface area contributed by atoms with Crippen molar-refractivity contribution in [1.29, 1.82) is 0 Å². The number of methoxy groups -OCH3 is 2. The fourth-order valence-corrected chi connectivity index (χ4v) is 3.61. The lowest BCUT2D eigenvalue weighted by molar-refractivity contribution is 0.0689. The van der Waals surface area contributed by atoms with Crippen LogP contribution in [-0.4, -0.2) is 70.1 Å². The summed E-state index contributed by atoms with van der Waals surface area (Å²) in [5.41, 5.74) is 4.87. The summed E-state index contributed by atoms with van der Waals surface area (Å²) in [5, 5.41) is 3.45. The quantitative estimate of drug-likeness (QED) is 0.184. The summed E-state index contributed by atoms with van der Waals surface area (Å²) in [7, 11) is 7.27. The minimum atomic E-state index is 0. The summed E-state index contributed by atoms with van der Waals surface area (Å²) in [6, 6.07) is 10.4. The van der Waals surface area contributed by atoms with E-state index in [-0.39, 0.29) is 24.0 Å². The van der Waals surface area contributed by atoms with E-state index in [4.69, 9.17) is 14.2 Å². The average molecular weight is 559 g/mol. The molecule has 1 aromatic heterocycles. The zero-order chi connectivity index (χ0) is 22.6. The van der Waals surface area contributed by atoms with Gasteiger partial charge in [-0.3, -0.25) is 4.99 Å². The van der Waals surface area contributed by atoms with E-state index in [9.17, 15) is 0 Å². The van der Waals surface area contributed by atoms with Crippen molar-refractivity contribution >= 4 is 29.9 Å². The Morgan fingerprint density at radius 3 is 2.41 bits per heavy atom. The van der Waals surface area contributed by atoms with Gasteiger partial charge in [0.25, 0.3) is 0 Å². The minimum Gasteiger partial charge on any atom is -0.497 e. The van der Waals surface area contributed by atoms with Crippen LogP contribution in [0.4, 0.5) is 0 Å². The van der Waals surface area contributed by atoms with Gasteiger partial charge in [0.15, 0.2) is 5.96 Å². The Morgan fingerprint density at radius 2 is 1.78 bits per heavy atom. The van der Waals surface area contributed by atoms with Crippen LogP contribution < -0.4 is 10.1 Å². The van der Waals surface area contributed by atoms with E-state index in [1.807, 2.05) is 19.2 Å². The lowest BCUT2D eigenvalue weighted by atomic mass is 10.2. The maximum absolute atomic E-state index is 5.51. The van der Waals surface area contributed by atoms with Crippen molar-refractivity contribution < 1.29 is 14.2 Å². The van der Waals surface area contributed by atoms with E-state index >= 15 is 0 Å². The summed E-state index contributed by atoms with van der Waals surface area (Å²) in [6.45, 7) is 8.03. The number of aryl methyl sites for hydroxylation is 1. The van der Waals surface area contributed by atoms with Crippen LogP contribution in [0.2, 0.25) is 0 Å². The second-order valence-electron chi connectivity index (χ2n) is 7.57. The number of aromatic nitrogens is 1. The number of hydrogen-bond donors (Lipinski definition) is 1. The molecule has 0 amide bonds. The fourth-order valence-electron chi connectivity index (χ4n) is 3.61. The van der Waals surface area contributed by atoms with Gasteiger partial charge in [-0.1, -0.05) is 0 Å². The van der Waals surface area contributed by atoms with Crippen LogP contribution in [-0.2, 0) is 16.0 Å². The van der Waals surface area contributed by atoms with E-state index in [1.165, 1.54) is 17.0 Å². The van der Waals surface area contributed by atoms with Crippen LogP contribution in [0.25, 0.3) is 5.69 Å². The van der Waals surface area contributed by atoms with Crippen molar-refractivity contribution in [3.8, 4) is 11.4 Å². The molecule has 2 aromatic rings. The number of rotatable bonds is 12. The normalized spacial score (nSPS) is 11.2. The lowest BCUT2D eigenvalue weighted by Gasteiger charge is -2.22. The van der Waals surface area contributed by atoms with Gasteiger partial charge in [-0.25, -0.2) is 0 Å². The van der Waals surface area contributed by atoms with E-state index in [2.05, 4.69) is 58.9 Å². The summed E-state index contributed by atoms with van der Waals surface area (Å²) in [6.07, 6.45) is 2.05. The molecule has 0 aliphatic rings. The Morgan fingerprint density at radius 1 is 1.06 bits per heavy atom. The van der Waals surface area contributed by atoms with Gasteiger partial charge < -0.3 is 29.0 Å². The van der Waals surface area contributed by atoms with Crippen molar-refractivity contribution in [3.63, 3.8) is 0 Å². The minimum absolute atomic E-state index is 0. The van der Waals surface area contributed by atoms with Gasteiger partial charge in [0.2, 0.25) is 0 Å². The molecule has 8 heteroatoms. The lowest BCUT2D eigenvalue weighted by Crippen LogP contribution is -2.39. The van der Waals surface area contributed by atoms with Crippen molar-refractivity contribution in [2.75, 3.05) is 54.7 Å². The molecule has 0 atom stereocenters. The number of aliphatic imine (C=N–C) groups is 1. The standard InChI is InChI=1S/C24H38N4O3.HI/c1-19-17-21(20(2)28(19)22-9-11-23(30-6)12-10-22)18-27(4)24(25-3)26-13-7-8-14-31-16-15-29-5;/h9-12,17H,7-8,13-16,18H2,1-6H3,(H,25,26);1H. The molecule has 0 saturated carbocycles. The fraction of sp³-hybridized carbons (Fsp3) is 0.542. The highest BCUT2D eigenvalue weighted by molar-refractivity contribution is 14.0. The monoisotopic (exact) mass is 558 g/mol. The first-order valence-electron chi connectivity index (χ1n) is 10.8. The molecule has 0 unspecified atom stereocenters. The molecule has 180 valence electrons. The van der Waals surface area contributed by atoms with E-state index < -0.39 is 0 Å². The van der Waals surface area contributed by atoms with Crippen LogP contribution in [0.5, 0.6) is 5.75 Å². The summed E-state index contributed by atoms with van der Waals surface area (Å²) in [4.78, 5) is 6.60. The third-order valence-corrected chi connectivity index (χ3v) is 5.28. The molecule has 32 heavy (non-hydrogen) atoms. The molecule has 1 N–H and O–H groups in total. The second-order valence-corrected chi connectivity index (χ2v) is 7.57. The van der Waals surface area contributed by atoms with Crippen molar-refractivity contribution in [2.24, 2.45) is 4.99 Å². The molecule has 1 aromatic carbocycles. The molecular formula is C24H39IN4O3. The van der Waals surface area contributed by atoms with E-state index in [1.54, 1.807) is 14.2 Å². The smallest absolute Gasteiger partial charge is 0.193 e. The summed E-state index contributed by atoms with van der Waals surface area (Å²) < 4.78 is 18.0. The Kier molecular flexibility index (Phi) is 13.4. The third-order valence-electron chi connectivity index (χ3n) is 5.28. The first-order chi connectivity index (χ1) is 15.0. The van der Waals surface area contributed by atoms with Crippen molar-refractivity contribution in [2.45, 2.75) is 33.2 Å². The summed E-state index contributed by atoms with van der Waals surface area (Å²) in [5.74, 6) is 1.76. The summed E-state index contributed by atoms with van der Waals surface area (Å²) >= 11 is 0. The molecule has 0 saturated heterocycles. The predicted molar refractivity (Wildman–Crippen MR) is 142 cm³/mol. The molecule has 2 rings (SSSR count). The number of hydrogen-bond acceptors (Lipinski definition) is 4. The highest BCUT2D eigenvalue weighted by Gasteiger charge is 2.14. The molecule has 0 bridgehead atoms. The Bertz CT molecular complexity index is 821. The van der Waals surface area contributed by atoms with Crippen LogP contribution >= 0.6 is 24.0 Å². The Balaban J connectivity index is 0.00000512. The maximum Gasteiger partial charge on any atom is 0.193 e. The Labute approximate surface area is 210 Å². The molecular weight excluding hydrogens is 519 g/mol. The number of halogens is 1. The van der Waals surface area contributed by atoms with Gasteiger partial charge >= 0.3 is 0 Å². The molecule has 0 spiro atoms. The molecule has 1 heterocycles. The van der Waals surface area contributed by atoms with Crippen molar-refractivity contribution in [3.05, 3.63) is 47.3 Å². The van der Waals surface area contributed by atoms with Crippen molar-refractivity contribution in [1.82, 2.24) is 14.8 Å². The van der Waals surface area contributed by atoms with E-state index in [0.717, 1.165) is 49.9 Å². The van der Waals surface area contributed by atoms with Crippen LogP contribution in [0.1, 0.15) is 29.8 Å². The highest BCUT2D eigenvalue weighted by Crippen LogP contribution is 2.23. The molecule has 0 aliphatic carbocycles. The number of benzene rings is 1. The molecule has 7 nitrogen and oxygen atoms in total. The van der Waals surface area contributed by atoms with Gasteiger partial charge in [0.05, 0.1) is 20.3 Å². The zero-order valence-electron chi connectivity index (χ0n) is 20.3. The van der Waals surface area contributed by atoms with Gasteiger partial charge in [-0.2, -0.15) is 0 Å². The van der Waals surface area contributed by atoms with Gasteiger partial charge in [-0.15, -0.1) is 24.0 Å². The van der Waals surface area contributed by atoms with Crippen LogP contribution in [0.3, 0.4) is 0 Å². The first kappa shape index (κ1) is 28.3. The third kappa shape index (κ3) is 8.29. The SMILES string of the molecule is CN=C(NCCCCOCCOC)N(C)Cc1cc(C)n(-c2ccc(OC)cc2)c1C.I. The number of nitrogens with zero attached hydrogens (tertiary/aromatic N) is 3. The average Bonchev–Trinajstić information content (AvgIpc) is 3.05. The molecule has 0 aliphatic heterocycles. The van der Waals surface area contributed by atoms with Gasteiger partial charge in [0.1, 0.15) is 5.75 Å². The second kappa shape index (κ2) is 15.1. The van der Waals surface area contributed by atoms with Gasteiger partial charge in [0, 0.05) is 58.0 Å². The number of nitrogens with one attached hydrogen (secondary N) is 1. The first-order valence-corrected chi connectivity index (χ1v) is 10.8. The van der Waals surface area contributed by atoms with Crippen LogP contribution in [0, 0.1) is 13.8 Å². The zero-order valence-corrected chi connectivity index (χ0v) is 22.6. The van der Waals surface area contributed by atoms with Gasteiger partial charge in [-0.05, 0) is 62.6 Å². The topological polar surface area (TPSA) is 60.3 Å². The number of unbranched alkanes of at least 4 members (excludes halogenated alkanes) is 1. The number of guanidine groups is 1. The van der Waals surface area contributed by atoms with E-state index in [0.29, 0.717) is 13.2 Å². The largest absolute Gasteiger partial charge is 0.497 e. The maximum atomic E-state index is 5.51. The Hall–Kier alpha value is -1.78. The molecule has 0 fully saturated rings. The van der Waals surface area contributed by atoms with Crippen LogP contribution in [0.15, 0.2) is 35.3 Å². The number of ether oxygens (including phenoxy) is 3.